The van der Waals surface area contributed by atoms with Crippen LogP contribution < -0.4 is 5.32 Å². The van der Waals surface area contributed by atoms with Crippen LogP contribution in [0.5, 0.6) is 0 Å². The highest BCUT2D eigenvalue weighted by Crippen LogP contribution is 2.11. The molecule has 16 heavy (non-hydrogen) atoms. The Balaban J connectivity index is 2.22. The monoisotopic (exact) mass is 220 g/mol. The van der Waals surface area contributed by atoms with Gasteiger partial charge in [-0.25, -0.2) is 4.98 Å². The Labute approximate surface area is 90.7 Å². The van der Waals surface area contributed by atoms with Crippen LogP contribution in [0, 0.1) is 12.9 Å². The van der Waals surface area contributed by atoms with Gasteiger partial charge in [-0.1, -0.05) is 0 Å². The Kier molecular flexibility index (Phi) is 2.63. The summed E-state index contributed by atoms with van der Waals surface area (Å²) in [5.74, 6) is -0.900. The summed E-state index contributed by atoms with van der Waals surface area (Å²) in [6, 6.07) is 2.86. The zero-order valence-electron chi connectivity index (χ0n) is 8.49. The second-order valence-corrected chi connectivity index (χ2v) is 3.22. The fourth-order valence-corrected chi connectivity index (χ4v) is 1.21. The zero-order valence-corrected chi connectivity index (χ0v) is 8.49. The lowest BCUT2D eigenvalue weighted by atomic mass is 10.2. The molecule has 2 aromatic heterocycles. The van der Waals surface area contributed by atoms with Crippen LogP contribution in [0.3, 0.4) is 0 Å². The number of hydrogen-bond acceptors (Lipinski definition) is 3. The van der Waals surface area contributed by atoms with Gasteiger partial charge in [-0.05, 0) is 19.1 Å². The van der Waals surface area contributed by atoms with Gasteiger partial charge in [-0.3, -0.25) is 9.89 Å². The topological polar surface area (TPSA) is 70.7 Å². The number of amides is 1. The van der Waals surface area contributed by atoms with Crippen LogP contribution in [0.1, 0.15) is 15.9 Å². The predicted octanol–water partition coefficient (Wildman–Crippen LogP) is 1.50. The molecule has 1 amide bonds. The highest BCUT2D eigenvalue weighted by atomic mass is 19.1. The van der Waals surface area contributed by atoms with Crippen molar-refractivity contribution < 1.29 is 9.18 Å². The minimum atomic E-state index is -0.794. The number of aryl methyl sites for hydroxylation is 1. The SMILES string of the molecule is Cc1cn[nH]c1NC(=O)c1cccnc1F. The predicted molar refractivity (Wildman–Crippen MR) is 55.5 cm³/mol. The van der Waals surface area contributed by atoms with Gasteiger partial charge in [0, 0.05) is 11.8 Å². The lowest BCUT2D eigenvalue weighted by Crippen LogP contribution is -2.15. The fraction of sp³-hybridized carbons (Fsp3) is 0.100. The van der Waals surface area contributed by atoms with Crippen molar-refractivity contribution in [1.82, 2.24) is 15.2 Å². The van der Waals surface area contributed by atoms with Crippen molar-refractivity contribution in [2.45, 2.75) is 6.92 Å². The van der Waals surface area contributed by atoms with E-state index >= 15 is 0 Å². The third-order valence-corrected chi connectivity index (χ3v) is 2.07. The van der Waals surface area contributed by atoms with Gasteiger partial charge in [0.05, 0.1) is 11.8 Å². The summed E-state index contributed by atoms with van der Waals surface area (Å²) in [5, 5.41) is 8.85. The first-order chi connectivity index (χ1) is 7.68. The van der Waals surface area contributed by atoms with Gasteiger partial charge in [0.25, 0.3) is 5.91 Å². The van der Waals surface area contributed by atoms with E-state index in [1.54, 1.807) is 13.1 Å². The number of pyridine rings is 1. The molecule has 0 fully saturated rings. The Morgan fingerprint density at radius 2 is 2.38 bits per heavy atom. The lowest BCUT2D eigenvalue weighted by Gasteiger charge is -2.03. The van der Waals surface area contributed by atoms with E-state index in [0.717, 1.165) is 5.56 Å². The maximum atomic E-state index is 13.2. The molecule has 0 unspecified atom stereocenters. The molecule has 0 saturated carbocycles. The third kappa shape index (κ3) is 1.90. The molecule has 0 aromatic carbocycles. The molecule has 0 spiro atoms. The summed E-state index contributed by atoms with van der Waals surface area (Å²) < 4.78 is 13.2. The first-order valence-corrected chi connectivity index (χ1v) is 4.60. The smallest absolute Gasteiger partial charge is 0.261 e. The number of aromatic nitrogens is 3. The maximum absolute atomic E-state index is 13.2. The number of nitrogens with one attached hydrogen (secondary N) is 2. The average Bonchev–Trinajstić information content (AvgIpc) is 2.65. The van der Waals surface area contributed by atoms with Crippen molar-refractivity contribution in [3.63, 3.8) is 0 Å². The first kappa shape index (κ1) is 10.3. The van der Waals surface area contributed by atoms with Crippen LogP contribution in [-0.2, 0) is 0 Å². The minimum Gasteiger partial charge on any atom is -0.307 e. The Hall–Kier alpha value is -2.24. The Bertz CT molecular complexity index is 523. The summed E-state index contributed by atoms with van der Waals surface area (Å²) in [7, 11) is 0. The number of anilines is 1. The second kappa shape index (κ2) is 4.09. The van der Waals surface area contributed by atoms with Crippen molar-refractivity contribution in [2.75, 3.05) is 5.32 Å². The Morgan fingerprint density at radius 3 is 3.00 bits per heavy atom. The van der Waals surface area contributed by atoms with Gasteiger partial charge in [0.15, 0.2) is 0 Å². The fourth-order valence-electron chi connectivity index (χ4n) is 1.21. The molecule has 0 aliphatic heterocycles. The second-order valence-electron chi connectivity index (χ2n) is 3.22. The number of nitrogens with zero attached hydrogens (tertiary/aromatic N) is 2. The van der Waals surface area contributed by atoms with Crippen LogP contribution in [-0.4, -0.2) is 21.1 Å². The van der Waals surface area contributed by atoms with Gasteiger partial charge in [-0.2, -0.15) is 9.49 Å². The molecule has 5 nitrogen and oxygen atoms in total. The number of aromatic amines is 1. The molecule has 0 aliphatic carbocycles. The van der Waals surface area contributed by atoms with E-state index in [9.17, 15) is 9.18 Å². The highest BCUT2D eigenvalue weighted by Gasteiger charge is 2.13. The summed E-state index contributed by atoms with van der Waals surface area (Å²) >= 11 is 0. The number of hydrogen-bond donors (Lipinski definition) is 2. The molecule has 0 radical (unpaired) electrons. The minimum absolute atomic E-state index is 0.100. The van der Waals surface area contributed by atoms with Gasteiger partial charge in [0.2, 0.25) is 5.95 Å². The van der Waals surface area contributed by atoms with Crippen LogP contribution in [0.2, 0.25) is 0 Å². The number of H-pyrrole nitrogens is 1. The molecule has 2 N–H and O–H groups in total. The Morgan fingerprint density at radius 1 is 1.56 bits per heavy atom. The summed E-state index contributed by atoms with van der Waals surface area (Å²) in [5.41, 5.74) is 0.675. The van der Waals surface area contributed by atoms with Crippen LogP contribution in [0.25, 0.3) is 0 Å². The van der Waals surface area contributed by atoms with Crippen molar-refractivity contribution in [3.8, 4) is 0 Å². The maximum Gasteiger partial charge on any atom is 0.261 e. The van der Waals surface area contributed by atoms with E-state index in [1.165, 1.54) is 18.3 Å². The van der Waals surface area contributed by atoms with Crippen molar-refractivity contribution in [1.29, 1.82) is 0 Å². The van der Waals surface area contributed by atoms with E-state index in [1.807, 2.05) is 0 Å². The van der Waals surface area contributed by atoms with Gasteiger partial charge in [0.1, 0.15) is 5.82 Å². The van der Waals surface area contributed by atoms with Crippen molar-refractivity contribution in [3.05, 3.63) is 41.6 Å². The number of rotatable bonds is 2. The quantitative estimate of drug-likeness (QED) is 0.753. The average molecular weight is 220 g/mol. The van der Waals surface area contributed by atoms with Gasteiger partial charge < -0.3 is 5.32 Å². The molecule has 82 valence electrons. The molecule has 6 heteroatoms. The van der Waals surface area contributed by atoms with E-state index in [2.05, 4.69) is 20.5 Å². The molecule has 0 aliphatic rings. The van der Waals surface area contributed by atoms with Crippen LogP contribution in [0.4, 0.5) is 10.2 Å². The molecule has 2 rings (SSSR count). The first-order valence-electron chi connectivity index (χ1n) is 4.60. The number of halogens is 1. The molecular formula is C10H9FN4O. The molecular weight excluding hydrogens is 211 g/mol. The van der Waals surface area contributed by atoms with Crippen LogP contribution in [0.15, 0.2) is 24.5 Å². The van der Waals surface area contributed by atoms with E-state index in [-0.39, 0.29) is 5.56 Å². The van der Waals surface area contributed by atoms with Gasteiger partial charge in [-0.15, -0.1) is 0 Å². The number of carbonyl (C=O) groups is 1. The largest absolute Gasteiger partial charge is 0.307 e. The standard InChI is InChI=1S/C10H9FN4O/c1-6-5-13-15-9(6)14-10(16)7-3-2-4-12-8(7)11/h2-5H,1H3,(H2,13,14,15,16). The lowest BCUT2D eigenvalue weighted by molar-refractivity contribution is 0.102. The molecule has 2 heterocycles. The molecule has 0 atom stereocenters. The summed E-state index contributed by atoms with van der Waals surface area (Å²) in [6.07, 6.45) is 2.85. The molecule has 0 saturated heterocycles. The highest BCUT2D eigenvalue weighted by molar-refractivity contribution is 6.03. The zero-order chi connectivity index (χ0) is 11.5. The van der Waals surface area contributed by atoms with E-state index in [4.69, 9.17) is 0 Å². The molecule has 2 aromatic rings. The van der Waals surface area contributed by atoms with E-state index in [0.29, 0.717) is 5.82 Å². The van der Waals surface area contributed by atoms with Crippen molar-refractivity contribution >= 4 is 11.7 Å². The summed E-state index contributed by atoms with van der Waals surface area (Å²) in [4.78, 5) is 15.0. The number of carbonyl (C=O) groups excluding carboxylic acids is 1. The van der Waals surface area contributed by atoms with Crippen LogP contribution >= 0.6 is 0 Å². The van der Waals surface area contributed by atoms with Crippen molar-refractivity contribution in [2.24, 2.45) is 0 Å². The third-order valence-electron chi connectivity index (χ3n) is 2.07. The summed E-state index contributed by atoms with van der Waals surface area (Å²) in [6.45, 7) is 1.78. The van der Waals surface area contributed by atoms with Gasteiger partial charge >= 0.3 is 0 Å². The normalized spacial score (nSPS) is 10.1. The molecule has 0 bridgehead atoms. The van der Waals surface area contributed by atoms with E-state index < -0.39 is 11.9 Å².